The van der Waals surface area contributed by atoms with Crippen molar-refractivity contribution in [1.82, 2.24) is 5.32 Å². The number of amides is 1. The SMILES string of the molecule is NCC1(CNC(=O)c2cc(O)ccc2O)CCCCC1. The van der Waals surface area contributed by atoms with Gasteiger partial charge in [0.15, 0.2) is 0 Å². The molecule has 5 nitrogen and oxygen atoms in total. The first kappa shape index (κ1) is 14.7. The monoisotopic (exact) mass is 278 g/mol. The predicted molar refractivity (Wildman–Crippen MR) is 76.7 cm³/mol. The summed E-state index contributed by atoms with van der Waals surface area (Å²) in [6.07, 6.45) is 5.56. The topological polar surface area (TPSA) is 95.6 Å². The van der Waals surface area contributed by atoms with Gasteiger partial charge in [0.1, 0.15) is 11.5 Å². The van der Waals surface area contributed by atoms with Gasteiger partial charge in [0.25, 0.3) is 5.91 Å². The van der Waals surface area contributed by atoms with Crippen LogP contribution in [0.15, 0.2) is 18.2 Å². The average Bonchev–Trinajstić information content (AvgIpc) is 2.48. The Hall–Kier alpha value is -1.75. The van der Waals surface area contributed by atoms with Gasteiger partial charge in [-0.25, -0.2) is 0 Å². The standard InChI is InChI=1S/C15H22N2O3/c16-9-15(6-2-1-3-7-15)10-17-14(20)12-8-11(18)4-5-13(12)19/h4-5,8,18-19H,1-3,6-7,9-10,16H2,(H,17,20). The van der Waals surface area contributed by atoms with E-state index in [1.165, 1.54) is 24.6 Å². The van der Waals surface area contributed by atoms with E-state index in [1.807, 2.05) is 0 Å². The van der Waals surface area contributed by atoms with Gasteiger partial charge in [-0.1, -0.05) is 19.3 Å². The fourth-order valence-corrected chi connectivity index (χ4v) is 2.82. The van der Waals surface area contributed by atoms with Gasteiger partial charge in [-0.3, -0.25) is 4.79 Å². The molecule has 1 aliphatic rings. The van der Waals surface area contributed by atoms with E-state index < -0.39 is 0 Å². The van der Waals surface area contributed by atoms with Crippen molar-refractivity contribution >= 4 is 5.91 Å². The van der Waals surface area contributed by atoms with Crippen LogP contribution in [-0.4, -0.2) is 29.2 Å². The minimum absolute atomic E-state index is 0.0274. The number of aromatic hydroxyl groups is 2. The maximum absolute atomic E-state index is 12.1. The van der Waals surface area contributed by atoms with Crippen molar-refractivity contribution in [3.05, 3.63) is 23.8 Å². The second kappa shape index (κ2) is 6.13. The first-order valence-corrected chi connectivity index (χ1v) is 7.07. The molecule has 110 valence electrons. The zero-order valence-corrected chi connectivity index (χ0v) is 11.6. The van der Waals surface area contributed by atoms with E-state index in [2.05, 4.69) is 5.32 Å². The summed E-state index contributed by atoms with van der Waals surface area (Å²) in [5, 5.41) is 21.9. The molecule has 0 bridgehead atoms. The van der Waals surface area contributed by atoms with Crippen molar-refractivity contribution in [3.63, 3.8) is 0 Å². The smallest absolute Gasteiger partial charge is 0.255 e. The maximum Gasteiger partial charge on any atom is 0.255 e. The van der Waals surface area contributed by atoms with E-state index in [-0.39, 0.29) is 28.4 Å². The molecule has 0 unspecified atom stereocenters. The molecule has 1 aromatic carbocycles. The number of phenolic OH excluding ortho intramolecular Hbond substituents is 2. The minimum atomic E-state index is -0.378. The van der Waals surface area contributed by atoms with E-state index in [9.17, 15) is 15.0 Å². The highest BCUT2D eigenvalue weighted by molar-refractivity contribution is 5.97. The number of nitrogens with two attached hydrogens (primary N) is 1. The normalized spacial score (nSPS) is 17.6. The molecule has 1 saturated carbocycles. The number of nitrogens with one attached hydrogen (secondary N) is 1. The van der Waals surface area contributed by atoms with Crippen LogP contribution in [0.2, 0.25) is 0 Å². The highest BCUT2D eigenvalue weighted by atomic mass is 16.3. The number of rotatable bonds is 4. The van der Waals surface area contributed by atoms with Crippen LogP contribution in [-0.2, 0) is 0 Å². The molecule has 20 heavy (non-hydrogen) atoms. The number of phenols is 2. The molecule has 5 N–H and O–H groups in total. The first-order valence-electron chi connectivity index (χ1n) is 7.07. The summed E-state index contributed by atoms with van der Waals surface area (Å²) in [7, 11) is 0. The predicted octanol–water partition coefficient (Wildman–Crippen LogP) is 1.74. The molecule has 5 heteroatoms. The van der Waals surface area contributed by atoms with Crippen LogP contribution in [0.1, 0.15) is 42.5 Å². The van der Waals surface area contributed by atoms with E-state index in [4.69, 9.17) is 5.73 Å². The van der Waals surface area contributed by atoms with Crippen LogP contribution >= 0.6 is 0 Å². The van der Waals surface area contributed by atoms with Crippen LogP contribution in [0.3, 0.4) is 0 Å². The molecular formula is C15H22N2O3. The first-order chi connectivity index (χ1) is 9.56. The number of carbonyl (C=O) groups excluding carboxylic acids is 1. The van der Waals surface area contributed by atoms with Crippen LogP contribution in [0, 0.1) is 5.41 Å². The highest BCUT2D eigenvalue weighted by Crippen LogP contribution is 2.34. The number of carbonyl (C=O) groups is 1. The molecule has 0 aliphatic heterocycles. The van der Waals surface area contributed by atoms with Crippen molar-refractivity contribution in [3.8, 4) is 11.5 Å². The van der Waals surface area contributed by atoms with Gasteiger partial charge in [0.05, 0.1) is 5.56 Å². The van der Waals surface area contributed by atoms with Crippen molar-refractivity contribution in [1.29, 1.82) is 0 Å². The Bertz CT molecular complexity index is 482. The van der Waals surface area contributed by atoms with Crippen molar-refractivity contribution in [2.45, 2.75) is 32.1 Å². The molecule has 0 atom stereocenters. The Labute approximate surface area is 118 Å². The van der Waals surface area contributed by atoms with Gasteiger partial charge in [-0.05, 0) is 43.0 Å². The third-order valence-corrected chi connectivity index (χ3v) is 4.20. The molecule has 0 aromatic heterocycles. The van der Waals surface area contributed by atoms with Gasteiger partial charge in [0, 0.05) is 6.54 Å². The van der Waals surface area contributed by atoms with Crippen LogP contribution in [0.5, 0.6) is 11.5 Å². The lowest BCUT2D eigenvalue weighted by Gasteiger charge is -2.36. The van der Waals surface area contributed by atoms with E-state index >= 15 is 0 Å². The molecule has 0 heterocycles. The molecule has 0 spiro atoms. The van der Waals surface area contributed by atoms with Crippen LogP contribution < -0.4 is 11.1 Å². The van der Waals surface area contributed by atoms with Gasteiger partial charge in [-0.15, -0.1) is 0 Å². The summed E-state index contributed by atoms with van der Waals surface area (Å²) in [6, 6.07) is 3.92. The Balaban J connectivity index is 2.02. The lowest BCUT2D eigenvalue weighted by atomic mass is 9.74. The van der Waals surface area contributed by atoms with Gasteiger partial charge in [-0.2, -0.15) is 0 Å². The summed E-state index contributed by atoms with van der Waals surface area (Å²) < 4.78 is 0. The largest absolute Gasteiger partial charge is 0.508 e. The van der Waals surface area contributed by atoms with Crippen molar-refractivity contribution < 1.29 is 15.0 Å². The third-order valence-electron chi connectivity index (χ3n) is 4.20. The van der Waals surface area contributed by atoms with Crippen molar-refractivity contribution in [2.75, 3.05) is 13.1 Å². The fourth-order valence-electron chi connectivity index (χ4n) is 2.82. The number of hydrogen-bond donors (Lipinski definition) is 4. The highest BCUT2D eigenvalue weighted by Gasteiger charge is 2.31. The molecular weight excluding hydrogens is 256 g/mol. The Morgan fingerprint density at radius 2 is 1.95 bits per heavy atom. The zero-order chi connectivity index (χ0) is 14.6. The molecule has 0 radical (unpaired) electrons. The second-order valence-corrected chi connectivity index (χ2v) is 5.65. The van der Waals surface area contributed by atoms with Gasteiger partial charge in [0.2, 0.25) is 0 Å². The summed E-state index contributed by atoms with van der Waals surface area (Å²) in [5.41, 5.74) is 5.94. The number of benzene rings is 1. The van der Waals surface area contributed by atoms with Gasteiger partial charge < -0.3 is 21.3 Å². The molecule has 1 fully saturated rings. The summed E-state index contributed by atoms with van der Waals surface area (Å²) >= 11 is 0. The lowest BCUT2D eigenvalue weighted by Crippen LogP contribution is -2.43. The van der Waals surface area contributed by atoms with E-state index in [1.54, 1.807) is 0 Å². The summed E-state index contributed by atoms with van der Waals surface area (Å²) in [4.78, 5) is 12.1. The van der Waals surface area contributed by atoms with E-state index in [0.717, 1.165) is 25.7 Å². The molecule has 1 aromatic rings. The Kier molecular flexibility index (Phi) is 4.49. The summed E-state index contributed by atoms with van der Waals surface area (Å²) in [6.45, 7) is 1.07. The van der Waals surface area contributed by atoms with Crippen LogP contribution in [0.25, 0.3) is 0 Å². The molecule has 1 amide bonds. The molecule has 1 aliphatic carbocycles. The minimum Gasteiger partial charge on any atom is -0.508 e. The second-order valence-electron chi connectivity index (χ2n) is 5.65. The quantitative estimate of drug-likeness (QED) is 0.631. The Morgan fingerprint density at radius 3 is 2.60 bits per heavy atom. The third kappa shape index (κ3) is 3.22. The lowest BCUT2D eigenvalue weighted by molar-refractivity contribution is 0.0911. The summed E-state index contributed by atoms with van der Waals surface area (Å²) in [5.74, 6) is -0.554. The van der Waals surface area contributed by atoms with Gasteiger partial charge >= 0.3 is 0 Å². The fraction of sp³-hybridized carbons (Fsp3) is 0.533. The van der Waals surface area contributed by atoms with Crippen molar-refractivity contribution in [2.24, 2.45) is 11.1 Å². The molecule has 2 rings (SSSR count). The molecule has 0 saturated heterocycles. The van der Waals surface area contributed by atoms with E-state index in [0.29, 0.717) is 13.1 Å². The average molecular weight is 278 g/mol. The van der Waals surface area contributed by atoms with Crippen LogP contribution in [0.4, 0.5) is 0 Å². The number of hydrogen-bond acceptors (Lipinski definition) is 4. The zero-order valence-electron chi connectivity index (χ0n) is 11.6. The maximum atomic E-state index is 12.1. The Morgan fingerprint density at radius 1 is 1.25 bits per heavy atom.